The number of rotatable bonds is 4. The first-order valence-electron chi connectivity index (χ1n) is 6.05. The molecule has 0 atom stereocenters. The van der Waals surface area contributed by atoms with Crippen LogP contribution in [0, 0.1) is 6.92 Å². The van der Waals surface area contributed by atoms with Gasteiger partial charge in [0.15, 0.2) is 16.6 Å². The number of nitrogen functional groups attached to an aromatic ring is 1. The molecule has 0 aliphatic rings. The molecule has 0 aliphatic heterocycles. The zero-order valence-electron chi connectivity index (χ0n) is 11.8. The summed E-state index contributed by atoms with van der Waals surface area (Å²) in [6.07, 6.45) is 1.32. The monoisotopic (exact) mass is 384 g/mol. The molecule has 22 heavy (non-hydrogen) atoms. The molecule has 1 aromatic carbocycles. The fourth-order valence-electron chi connectivity index (χ4n) is 1.69. The maximum Gasteiger partial charge on any atom is 0.283 e. The lowest BCUT2D eigenvalue weighted by Gasteiger charge is -2.06. The van der Waals surface area contributed by atoms with Crippen LogP contribution in [0.1, 0.15) is 20.9 Å². The Hall–Kier alpha value is -2.13. The number of aryl methyl sites for hydroxylation is 1. The van der Waals surface area contributed by atoms with Crippen LogP contribution in [0.3, 0.4) is 0 Å². The Kier molecular flexibility index (Phi) is 4.99. The van der Waals surface area contributed by atoms with E-state index in [0.717, 1.165) is 11.3 Å². The first-order chi connectivity index (χ1) is 10.4. The zero-order valence-corrected chi connectivity index (χ0v) is 14.2. The van der Waals surface area contributed by atoms with Crippen molar-refractivity contribution in [3.8, 4) is 11.5 Å². The number of amides is 1. The summed E-state index contributed by atoms with van der Waals surface area (Å²) in [5, 5.41) is 14.1. The van der Waals surface area contributed by atoms with Crippen molar-refractivity contribution >= 4 is 44.5 Å². The quantitative estimate of drug-likeness (QED) is 0.553. The molecule has 9 heteroatoms. The van der Waals surface area contributed by atoms with Gasteiger partial charge < -0.3 is 15.6 Å². The molecule has 0 saturated heterocycles. The van der Waals surface area contributed by atoms with Gasteiger partial charge in [-0.05, 0) is 19.1 Å². The highest BCUT2D eigenvalue weighted by Gasteiger charge is 2.13. The van der Waals surface area contributed by atoms with E-state index in [0.29, 0.717) is 31.5 Å². The van der Waals surface area contributed by atoms with Crippen LogP contribution >= 0.6 is 27.3 Å². The molecule has 0 spiro atoms. The van der Waals surface area contributed by atoms with Crippen molar-refractivity contribution in [3.63, 3.8) is 0 Å². The van der Waals surface area contributed by atoms with Crippen LogP contribution in [0.2, 0.25) is 0 Å². The number of hydrogen-bond acceptors (Lipinski definition) is 7. The van der Waals surface area contributed by atoms with Crippen LogP contribution in [0.15, 0.2) is 21.7 Å². The molecule has 1 amide bonds. The number of benzene rings is 1. The largest absolute Gasteiger partial charge is 0.504 e. The Morgan fingerprint density at radius 1 is 1.59 bits per heavy atom. The number of phenolic OH excluding ortho intramolecular Hbond substituents is 1. The van der Waals surface area contributed by atoms with Crippen molar-refractivity contribution in [2.24, 2.45) is 5.10 Å². The topological polar surface area (TPSA) is 110 Å². The van der Waals surface area contributed by atoms with Crippen LogP contribution in [-0.4, -0.2) is 29.3 Å². The van der Waals surface area contributed by atoms with Crippen LogP contribution < -0.4 is 15.9 Å². The van der Waals surface area contributed by atoms with E-state index < -0.39 is 5.91 Å². The third kappa shape index (κ3) is 3.55. The lowest BCUT2D eigenvalue weighted by atomic mass is 10.2. The third-order valence-electron chi connectivity index (χ3n) is 2.68. The molecule has 0 aliphatic carbocycles. The average molecular weight is 385 g/mol. The van der Waals surface area contributed by atoms with Gasteiger partial charge in [0.1, 0.15) is 4.88 Å². The Labute approximate surface area is 139 Å². The van der Waals surface area contributed by atoms with E-state index in [4.69, 9.17) is 10.5 Å². The van der Waals surface area contributed by atoms with E-state index in [1.807, 2.05) is 0 Å². The number of aromatic hydroxyl groups is 1. The first-order valence-corrected chi connectivity index (χ1v) is 7.66. The number of nitrogens with two attached hydrogens (primary N) is 1. The van der Waals surface area contributed by atoms with Gasteiger partial charge >= 0.3 is 0 Å². The fraction of sp³-hybridized carbons (Fsp3) is 0.154. The van der Waals surface area contributed by atoms with Gasteiger partial charge in [-0.3, -0.25) is 4.79 Å². The van der Waals surface area contributed by atoms with Gasteiger partial charge in [-0.2, -0.15) is 5.10 Å². The van der Waals surface area contributed by atoms with E-state index in [2.05, 4.69) is 31.4 Å². The summed E-state index contributed by atoms with van der Waals surface area (Å²) in [4.78, 5) is 16.3. The summed E-state index contributed by atoms with van der Waals surface area (Å²) in [7, 11) is 1.45. The number of anilines is 1. The molecule has 4 N–H and O–H groups in total. The maximum absolute atomic E-state index is 11.9. The average Bonchev–Trinajstić information content (AvgIpc) is 2.81. The Morgan fingerprint density at radius 3 is 2.91 bits per heavy atom. The maximum atomic E-state index is 11.9. The van der Waals surface area contributed by atoms with Gasteiger partial charge in [0.25, 0.3) is 5.91 Å². The van der Waals surface area contributed by atoms with Gasteiger partial charge in [-0.15, -0.1) is 0 Å². The molecule has 0 fully saturated rings. The molecular weight excluding hydrogens is 372 g/mol. The molecule has 0 radical (unpaired) electrons. The van der Waals surface area contributed by atoms with Crippen molar-refractivity contribution < 1.29 is 14.6 Å². The van der Waals surface area contributed by atoms with Crippen LogP contribution in [0.25, 0.3) is 0 Å². The summed E-state index contributed by atoms with van der Waals surface area (Å²) in [5.41, 5.74) is 8.85. The van der Waals surface area contributed by atoms with Gasteiger partial charge in [0.05, 0.1) is 19.0 Å². The molecule has 0 unspecified atom stereocenters. The minimum atomic E-state index is -0.413. The lowest BCUT2D eigenvalue weighted by molar-refractivity contribution is 0.0958. The summed E-state index contributed by atoms with van der Waals surface area (Å²) in [6.45, 7) is 1.69. The predicted octanol–water partition coefficient (Wildman–Crippen LogP) is 2.27. The van der Waals surface area contributed by atoms with Gasteiger partial charge in [-0.1, -0.05) is 27.3 Å². The van der Waals surface area contributed by atoms with Gasteiger partial charge in [0, 0.05) is 10.0 Å². The molecular formula is C13H13BrN4O3S. The van der Waals surface area contributed by atoms with E-state index in [-0.39, 0.29) is 5.75 Å². The number of hydrazone groups is 1. The Balaban J connectivity index is 2.15. The molecule has 7 nitrogen and oxygen atoms in total. The summed E-state index contributed by atoms with van der Waals surface area (Å²) in [5.74, 6) is -0.181. The molecule has 1 heterocycles. The minimum absolute atomic E-state index is 0.0677. The SMILES string of the molecule is COc1cc(Br)cc(C=NNC(=O)c2sc(N)nc2C)c1O. The van der Waals surface area contributed by atoms with Crippen molar-refractivity contribution in [3.05, 3.63) is 32.7 Å². The summed E-state index contributed by atoms with van der Waals surface area (Å²) >= 11 is 4.38. The number of halogens is 1. The van der Waals surface area contributed by atoms with Gasteiger partial charge in [0.2, 0.25) is 0 Å². The number of hydrogen-bond donors (Lipinski definition) is 3. The van der Waals surface area contributed by atoms with E-state index >= 15 is 0 Å². The number of methoxy groups -OCH3 is 1. The molecule has 2 rings (SSSR count). The van der Waals surface area contributed by atoms with Crippen molar-refractivity contribution in [2.75, 3.05) is 12.8 Å². The number of phenols is 1. The molecule has 116 valence electrons. The molecule has 1 aromatic heterocycles. The number of carbonyl (C=O) groups is 1. The van der Waals surface area contributed by atoms with Crippen molar-refractivity contribution in [1.29, 1.82) is 0 Å². The van der Waals surface area contributed by atoms with E-state index in [9.17, 15) is 9.90 Å². The van der Waals surface area contributed by atoms with Gasteiger partial charge in [-0.25, -0.2) is 10.4 Å². The van der Waals surface area contributed by atoms with Crippen molar-refractivity contribution in [1.82, 2.24) is 10.4 Å². The molecule has 2 aromatic rings. The van der Waals surface area contributed by atoms with E-state index in [1.165, 1.54) is 13.3 Å². The highest BCUT2D eigenvalue weighted by atomic mass is 79.9. The zero-order chi connectivity index (χ0) is 16.3. The number of thiazole rings is 1. The number of nitrogens with zero attached hydrogens (tertiary/aromatic N) is 2. The molecule has 0 saturated carbocycles. The number of carbonyl (C=O) groups excluding carboxylic acids is 1. The molecule has 0 bridgehead atoms. The first kappa shape index (κ1) is 16.2. The smallest absolute Gasteiger partial charge is 0.283 e. The van der Waals surface area contributed by atoms with Crippen LogP contribution in [0.5, 0.6) is 11.5 Å². The Bertz CT molecular complexity index is 745. The van der Waals surface area contributed by atoms with Crippen LogP contribution in [-0.2, 0) is 0 Å². The highest BCUT2D eigenvalue weighted by Crippen LogP contribution is 2.32. The predicted molar refractivity (Wildman–Crippen MR) is 88.7 cm³/mol. The highest BCUT2D eigenvalue weighted by molar-refractivity contribution is 9.10. The summed E-state index contributed by atoms with van der Waals surface area (Å²) in [6, 6.07) is 3.26. The fourth-order valence-corrected chi connectivity index (χ4v) is 2.87. The Morgan fingerprint density at radius 2 is 2.32 bits per heavy atom. The number of ether oxygens (including phenoxy) is 1. The van der Waals surface area contributed by atoms with Crippen LogP contribution in [0.4, 0.5) is 5.13 Å². The normalized spacial score (nSPS) is 10.9. The number of aromatic nitrogens is 1. The second-order valence-electron chi connectivity index (χ2n) is 4.21. The van der Waals surface area contributed by atoms with Crippen molar-refractivity contribution in [2.45, 2.75) is 6.92 Å². The standard InChI is InChI=1S/C13H13BrN4O3S/c1-6-11(22-13(15)17-6)12(20)18-16-5-7-3-8(14)4-9(21-2)10(7)19/h3-5,19H,1-2H3,(H2,15,17)(H,18,20). The van der Waals surface area contributed by atoms with E-state index in [1.54, 1.807) is 19.1 Å². The second-order valence-corrected chi connectivity index (χ2v) is 6.16. The second kappa shape index (κ2) is 6.75. The summed E-state index contributed by atoms with van der Waals surface area (Å²) < 4.78 is 5.74. The number of nitrogens with one attached hydrogen (secondary N) is 1. The third-order valence-corrected chi connectivity index (χ3v) is 4.12. The lowest BCUT2D eigenvalue weighted by Crippen LogP contribution is -2.17. The minimum Gasteiger partial charge on any atom is -0.504 e.